The highest BCUT2D eigenvalue weighted by molar-refractivity contribution is 5.64. The lowest BCUT2D eigenvalue weighted by Gasteiger charge is -1.88. The van der Waals surface area contributed by atoms with Crippen molar-refractivity contribution in [1.82, 2.24) is 0 Å². The highest BCUT2D eigenvalue weighted by Gasteiger charge is 1.79. The van der Waals surface area contributed by atoms with Crippen LogP contribution >= 0.6 is 0 Å². The van der Waals surface area contributed by atoms with Gasteiger partial charge in [0.15, 0.2) is 0 Å². The smallest absolute Gasteiger partial charge is 0.142 e. The predicted molar refractivity (Wildman–Crippen MR) is 69.5 cm³/mol. The van der Waals surface area contributed by atoms with E-state index in [1.165, 1.54) is 25.3 Å². The van der Waals surface area contributed by atoms with Crippen LogP contribution in [0.5, 0.6) is 0 Å². The standard InChI is InChI=1S/C8H14O.C6H10O/c1-2-3-4-5-6-7-8-9;1-2-3-4-5-6-7/h6-8H,2-5H2,1H3;4-6H,2-3H2,1H3. The van der Waals surface area contributed by atoms with Gasteiger partial charge in [0, 0.05) is 0 Å². The van der Waals surface area contributed by atoms with E-state index < -0.39 is 0 Å². The zero-order valence-electron chi connectivity index (χ0n) is 10.5. The fraction of sp³-hybridized carbons (Fsp3) is 0.571. The van der Waals surface area contributed by atoms with E-state index in [4.69, 9.17) is 0 Å². The number of carbonyl (C=O) groups is 2. The van der Waals surface area contributed by atoms with E-state index in [1.807, 2.05) is 12.2 Å². The second-order valence-corrected chi connectivity index (χ2v) is 3.41. The summed E-state index contributed by atoms with van der Waals surface area (Å²) < 4.78 is 0. The van der Waals surface area contributed by atoms with Gasteiger partial charge in [0.1, 0.15) is 12.6 Å². The molecule has 0 aliphatic rings. The van der Waals surface area contributed by atoms with Crippen molar-refractivity contribution in [1.29, 1.82) is 0 Å². The number of hydrogen-bond donors (Lipinski definition) is 0. The average molecular weight is 224 g/mol. The maximum atomic E-state index is 9.75. The van der Waals surface area contributed by atoms with Gasteiger partial charge < -0.3 is 0 Å². The summed E-state index contributed by atoms with van der Waals surface area (Å²) in [5.41, 5.74) is 0. The monoisotopic (exact) mass is 224 g/mol. The molecular formula is C14H24O2. The SMILES string of the molecule is CCCC=CC=O.CCCCCC=CC=O. The molecule has 0 bridgehead atoms. The summed E-state index contributed by atoms with van der Waals surface area (Å²) >= 11 is 0. The fourth-order valence-electron chi connectivity index (χ4n) is 0.982. The molecule has 0 saturated carbocycles. The lowest BCUT2D eigenvalue weighted by molar-refractivity contribution is -0.104. The number of unbranched alkanes of at least 4 members (excludes halogenated alkanes) is 4. The van der Waals surface area contributed by atoms with E-state index in [2.05, 4.69) is 13.8 Å². The van der Waals surface area contributed by atoms with Crippen molar-refractivity contribution in [2.75, 3.05) is 0 Å². The van der Waals surface area contributed by atoms with Gasteiger partial charge >= 0.3 is 0 Å². The second-order valence-electron chi connectivity index (χ2n) is 3.41. The van der Waals surface area contributed by atoms with Crippen LogP contribution in [0.4, 0.5) is 0 Å². The molecule has 0 aliphatic heterocycles. The van der Waals surface area contributed by atoms with Gasteiger partial charge in [0.25, 0.3) is 0 Å². The molecular weight excluding hydrogens is 200 g/mol. The summed E-state index contributed by atoms with van der Waals surface area (Å²) in [6, 6.07) is 0. The Morgan fingerprint density at radius 3 is 1.75 bits per heavy atom. The number of aldehydes is 2. The highest BCUT2D eigenvalue weighted by Crippen LogP contribution is 1.98. The van der Waals surface area contributed by atoms with Crippen molar-refractivity contribution < 1.29 is 9.59 Å². The average Bonchev–Trinajstić information content (AvgIpc) is 2.31. The van der Waals surface area contributed by atoms with Gasteiger partial charge in [-0.15, -0.1) is 0 Å². The van der Waals surface area contributed by atoms with Crippen molar-refractivity contribution in [3.8, 4) is 0 Å². The van der Waals surface area contributed by atoms with Crippen molar-refractivity contribution in [2.24, 2.45) is 0 Å². The first-order valence-electron chi connectivity index (χ1n) is 6.04. The Morgan fingerprint density at radius 1 is 0.750 bits per heavy atom. The molecule has 92 valence electrons. The van der Waals surface area contributed by atoms with Crippen LogP contribution in [-0.2, 0) is 9.59 Å². The minimum Gasteiger partial charge on any atom is -0.299 e. The van der Waals surface area contributed by atoms with E-state index in [-0.39, 0.29) is 0 Å². The summed E-state index contributed by atoms with van der Waals surface area (Å²) in [6.45, 7) is 4.25. The highest BCUT2D eigenvalue weighted by atomic mass is 16.1. The lowest BCUT2D eigenvalue weighted by Crippen LogP contribution is -1.70. The molecule has 2 heteroatoms. The van der Waals surface area contributed by atoms with Crippen LogP contribution in [0.2, 0.25) is 0 Å². The molecule has 0 heterocycles. The predicted octanol–water partition coefficient (Wildman–Crippen LogP) is 3.86. The summed E-state index contributed by atoms with van der Waals surface area (Å²) in [5, 5.41) is 0. The number of rotatable bonds is 8. The molecule has 0 aliphatic carbocycles. The van der Waals surface area contributed by atoms with Crippen LogP contribution in [0.15, 0.2) is 24.3 Å². The Kier molecular flexibility index (Phi) is 20.9. The zero-order valence-corrected chi connectivity index (χ0v) is 10.5. The van der Waals surface area contributed by atoms with Crippen LogP contribution in [0.3, 0.4) is 0 Å². The molecule has 0 aromatic rings. The fourth-order valence-corrected chi connectivity index (χ4v) is 0.982. The van der Waals surface area contributed by atoms with Crippen LogP contribution in [0.25, 0.3) is 0 Å². The third-order valence-electron chi connectivity index (χ3n) is 1.86. The van der Waals surface area contributed by atoms with Crippen LogP contribution in [0.1, 0.15) is 52.4 Å². The van der Waals surface area contributed by atoms with Gasteiger partial charge in [-0.2, -0.15) is 0 Å². The first kappa shape index (κ1) is 17.2. The Balaban J connectivity index is 0. The van der Waals surface area contributed by atoms with Crippen LogP contribution in [-0.4, -0.2) is 12.6 Å². The van der Waals surface area contributed by atoms with Crippen molar-refractivity contribution in [2.45, 2.75) is 52.4 Å². The topological polar surface area (TPSA) is 34.1 Å². The van der Waals surface area contributed by atoms with Gasteiger partial charge in [-0.05, 0) is 31.4 Å². The molecule has 0 unspecified atom stereocenters. The summed E-state index contributed by atoms with van der Waals surface area (Å²) in [4.78, 5) is 19.3. The molecule has 0 aromatic heterocycles. The lowest BCUT2D eigenvalue weighted by atomic mass is 10.2. The molecule has 0 rings (SSSR count). The number of hydrogen-bond acceptors (Lipinski definition) is 2. The van der Waals surface area contributed by atoms with Crippen molar-refractivity contribution in [3.05, 3.63) is 24.3 Å². The second kappa shape index (κ2) is 19.4. The molecule has 0 N–H and O–H groups in total. The Morgan fingerprint density at radius 2 is 1.31 bits per heavy atom. The zero-order chi connectivity index (χ0) is 12.5. The Bertz CT molecular complexity index is 193. The Labute approximate surface area is 99.4 Å². The Hall–Kier alpha value is -1.18. The van der Waals surface area contributed by atoms with E-state index in [9.17, 15) is 9.59 Å². The van der Waals surface area contributed by atoms with E-state index in [0.717, 1.165) is 31.8 Å². The third kappa shape index (κ3) is 23.0. The summed E-state index contributed by atoms with van der Waals surface area (Å²) in [5.74, 6) is 0. The quantitative estimate of drug-likeness (QED) is 0.356. The number of carbonyl (C=O) groups excluding carboxylic acids is 2. The molecule has 0 spiro atoms. The van der Waals surface area contributed by atoms with Gasteiger partial charge in [-0.3, -0.25) is 9.59 Å². The van der Waals surface area contributed by atoms with Gasteiger partial charge in [-0.25, -0.2) is 0 Å². The van der Waals surface area contributed by atoms with E-state index >= 15 is 0 Å². The minimum atomic E-state index is 0.801. The molecule has 0 fully saturated rings. The first-order chi connectivity index (χ1) is 7.83. The molecule has 0 radical (unpaired) electrons. The van der Waals surface area contributed by atoms with Crippen LogP contribution in [0, 0.1) is 0 Å². The maximum absolute atomic E-state index is 9.75. The normalized spacial score (nSPS) is 10.1. The molecule has 2 nitrogen and oxygen atoms in total. The maximum Gasteiger partial charge on any atom is 0.142 e. The number of allylic oxidation sites excluding steroid dienone is 4. The van der Waals surface area contributed by atoms with Gasteiger partial charge in [0.05, 0.1) is 0 Å². The first-order valence-corrected chi connectivity index (χ1v) is 6.04. The molecule has 0 amide bonds. The van der Waals surface area contributed by atoms with Gasteiger partial charge in [-0.1, -0.05) is 45.3 Å². The van der Waals surface area contributed by atoms with Crippen LogP contribution < -0.4 is 0 Å². The van der Waals surface area contributed by atoms with Crippen molar-refractivity contribution >= 4 is 12.6 Å². The summed E-state index contributed by atoms with van der Waals surface area (Å²) in [7, 11) is 0. The molecule has 0 saturated heterocycles. The summed E-state index contributed by atoms with van der Waals surface area (Å²) in [6.07, 6.45) is 15.4. The largest absolute Gasteiger partial charge is 0.299 e. The third-order valence-corrected chi connectivity index (χ3v) is 1.86. The molecule has 0 atom stereocenters. The van der Waals surface area contributed by atoms with E-state index in [1.54, 1.807) is 6.08 Å². The van der Waals surface area contributed by atoms with Crippen molar-refractivity contribution in [3.63, 3.8) is 0 Å². The minimum absolute atomic E-state index is 0.801. The van der Waals surface area contributed by atoms with E-state index in [0.29, 0.717) is 0 Å². The molecule has 16 heavy (non-hydrogen) atoms. The van der Waals surface area contributed by atoms with Gasteiger partial charge in [0.2, 0.25) is 0 Å². The molecule has 0 aromatic carbocycles.